The fourth-order valence-corrected chi connectivity index (χ4v) is 1.23. The van der Waals surface area contributed by atoms with Crippen LogP contribution in [-0.4, -0.2) is 11.4 Å². The van der Waals surface area contributed by atoms with Crippen LogP contribution in [0.2, 0.25) is 0 Å². The van der Waals surface area contributed by atoms with Gasteiger partial charge in [-0.05, 0) is 17.8 Å². The Morgan fingerprint density at radius 1 is 1.33 bits per heavy atom. The average molecular weight is 171 g/mol. The van der Waals surface area contributed by atoms with Gasteiger partial charge in [-0.1, -0.05) is 34.6 Å². The van der Waals surface area contributed by atoms with E-state index in [0.29, 0.717) is 11.8 Å². The lowest BCUT2D eigenvalue weighted by molar-refractivity contribution is 0.262. The Hall–Kier alpha value is -0.530. The van der Waals surface area contributed by atoms with Crippen LogP contribution < -0.4 is 0 Å². The summed E-state index contributed by atoms with van der Waals surface area (Å²) >= 11 is 0. The van der Waals surface area contributed by atoms with Crippen molar-refractivity contribution in [2.24, 2.45) is 22.4 Å². The summed E-state index contributed by atoms with van der Waals surface area (Å²) in [6, 6.07) is 0. The summed E-state index contributed by atoms with van der Waals surface area (Å²) < 4.78 is 0. The summed E-state index contributed by atoms with van der Waals surface area (Å²) in [7, 11) is 0. The molecule has 0 radical (unpaired) electrons. The van der Waals surface area contributed by atoms with Crippen LogP contribution in [0.5, 0.6) is 0 Å². The number of oxime groups is 1. The molecule has 0 heterocycles. The predicted octanol–water partition coefficient (Wildman–Crippen LogP) is 3.15. The molecule has 0 aliphatic rings. The van der Waals surface area contributed by atoms with E-state index in [1.165, 1.54) is 0 Å². The van der Waals surface area contributed by atoms with Crippen molar-refractivity contribution in [1.29, 1.82) is 0 Å². The number of rotatable bonds is 3. The summed E-state index contributed by atoms with van der Waals surface area (Å²) in [6.45, 7) is 10.9. The molecule has 0 aliphatic carbocycles. The van der Waals surface area contributed by atoms with Crippen molar-refractivity contribution < 1.29 is 5.21 Å². The van der Waals surface area contributed by atoms with Gasteiger partial charge in [0.2, 0.25) is 0 Å². The van der Waals surface area contributed by atoms with Crippen molar-refractivity contribution in [2.45, 2.75) is 41.0 Å². The highest BCUT2D eigenvalue weighted by molar-refractivity contribution is 5.60. The maximum Gasteiger partial charge on any atom is 0.0472 e. The van der Waals surface area contributed by atoms with Gasteiger partial charge >= 0.3 is 0 Å². The highest BCUT2D eigenvalue weighted by Crippen LogP contribution is 2.29. The lowest BCUT2D eigenvalue weighted by Gasteiger charge is -2.28. The Labute approximate surface area is 75.7 Å². The van der Waals surface area contributed by atoms with Crippen molar-refractivity contribution in [3.05, 3.63) is 0 Å². The molecule has 12 heavy (non-hydrogen) atoms. The molecule has 0 rings (SSSR count). The van der Waals surface area contributed by atoms with E-state index in [-0.39, 0.29) is 5.41 Å². The molecule has 0 aromatic rings. The molecular weight excluding hydrogens is 150 g/mol. The first-order chi connectivity index (χ1) is 5.38. The first kappa shape index (κ1) is 11.5. The van der Waals surface area contributed by atoms with Crippen LogP contribution in [0.15, 0.2) is 5.16 Å². The molecule has 0 aromatic heterocycles. The van der Waals surface area contributed by atoms with Crippen molar-refractivity contribution in [1.82, 2.24) is 0 Å². The second-order valence-corrected chi connectivity index (χ2v) is 4.87. The van der Waals surface area contributed by atoms with E-state index < -0.39 is 0 Å². The van der Waals surface area contributed by atoms with Gasteiger partial charge in [-0.25, -0.2) is 0 Å². The molecule has 1 N–H and O–H groups in total. The van der Waals surface area contributed by atoms with Crippen LogP contribution in [0, 0.1) is 17.3 Å². The topological polar surface area (TPSA) is 32.6 Å². The predicted molar refractivity (Wildman–Crippen MR) is 52.7 cm³/mol. The third-order valence-electron chi connectivity index (χ3n) is 2.08. The lowest BCUT2D eigenvalue weighted by Crippen LogP contribution is -2.23. The number of hydrogen-bond acceptors (Lipinski definition) is 2. The normalized spacial score (nSPS) is 15.8. The molecule has 2 nitrogen and oxygen atoms in total. The van der Waals surface area contributed by atoms with Crippen LogP contribution in [0.4, 0.5) is 0 Å². The van der Waals surface area contributed by atoms with Crippen molar-refractivity contribution in [3.8, 4) is 0 Å². The quantitative estimate of drug-likeness (QED) is 0.395. The van der Waals surface area contributed by atoms with Crippen LogP contribution in [0.25, 0.3) is 0 Å². The van der Waals surface area contributed by atoms with Crippen molar-refractivity contribution >= 4 is 6.21 Å². The van der Waals surface area contributed by atoms with Gasteiger partial charge in [0, 0.05) is 12.1 Å². The molecule has 0 aliphatic heterocycles. The van der Waals surface area contributed by atoms with Gasteiger partial charge in [-0.3, -0.25) is 0 Å². The van der Waals surface area contributed by atoms with Crippen LogP contribution >= 0.6 is 0 Å². The van der Waals surface area contributed by atoms with Crippen LogP contribution in [0.1, 0.15) is 41.0 Å². The third kappa shape index (κ3) is 4.37. The van der Waals surface area contributed by atoms with E-state index in [9.17, 15) is 0 Å². The minimum atomic E-state index is 0.191. The molecule has 0 bridgehead atoms. The highest BCUT2D eigenvalue weighted by atomic mass is 16.4. The van der Waals surface area contributed by atoms with Gasteiger partial charge in [-0.2, -0.15) is 0 Å². The van der Waals surface area contributed by atoms with Gasteiger partial charge in [-0.15, -0.1) is 5.16 Å². The molecule has 72 valence electrons. The maximum absolute atomic E-state index is 8.48. The summed E-state index contributed by atoms with van der Waals surface area (Å²) in [6.07, 6.45) is 2.73. The molecule has 0 aromatic carbocycles. The number of nitrogens with zero attached hydrogens (tertiary/aromatic N) is 1. The molecule has 0 fully saturated rings. The third-order valence-corrected chi connectivity index (χ3v) is 2.08. The molecular formula is C10H21NO. The van der Waals surface area contributed by atoms with Gasteiger partial charge in [0.1, 0.15) is 0 Å². The summed E-state index contributed by atoms with van der Waals surface area (Å²) in [4.78, 5) is 0. The summed E-state index contributed by atoms with van der Waals surface area (Å²) in [5.41, 5.74) is 0.191. The molecule has 1 unspecified atom stereocenters. The second kappa shape index (κ2) is 4.48. The van der Waals surface area contributed by atoms with Crippen LogP contribution in [0.3, 0.4) is 0 Å². The molecule has 0 saturated carbocycles. The smallest absolute Gasteiger partial charge is 0.0472 e. The van der Waals surface area contributed by atoms with E-state index in [2.05, 4.69) is 39.8 Å². The Bertz CT molecular complexity index is 144. The van der Waals surface area contributed by atoms with Crippen molar-refractivity contribution in [2.75, 3.05) is 0 Å². The van der Waals surface area contributed by atoms with E-state index in [1.54, 1.807) is 6.21 Å². The number of hydrogen-bond donors (Lipinski definition) is 1. The Morgan fingerprint density at radius 3 is 2.08 bits per heavy atom. The molecule has 2 heteroatoms. The zero-order valence-electron chi connectivity index (χ0n) is 8.83. The Balaban J connectivity index is 4.24. The van der Waals surface area contributed by atoms with E-state index in [1.807, 2.05) is 0 Å². The van der Waals surface area contributed by atoms with E-state index in [0.717, 1.165) is 6.42 Å². The monoisotopic (exact) mass is 171 g/mol. The van der Waals surface area contributed by atoms with Gasteiger partial charge in [0.25, 0.3) is 0 Å². The molecule has 0 spiro atoms. The minimum Gasteiger partial charge on any atom is -0.411 e. The van der Waals surface area contributed by atoms with Gasteiger partial charge in [0.15, 0.2) is 0 Å². The maximum atomic E-state index is 8.48. The first-order valence-corrected chi connectivity index (χ1v) is 4.55. The zero-order valence-corrected chi connectivity index (χ0v) is 8.83. The van der Waals surface area contributed by atoms with Crippen LogP contribution in [-0.2, 0) is 0 Å². The fraction of sp³-hybridized carbons (Fsp3) is 0.900. The molecule has 0 amide bonds. The highest BCUT2D eigenvalue weighted by Gasteiger charge is 2.23. The summed E-state index contributed by atoms with van der Waals surface area (Å²) in [5, 5.41) is 11.6. The standard InChI is InChI=1S/C10H21NO/c1-8(2)6-9(7-11-12)10(3,4)5/h7-9,12H,6H2,1-5H3/b11-7+. The first-order valence-electron chi connectivity index (χ1n) is 4.55. The Kier molecular flexibility index (Phi) is 4.29. The SMILES string of the molecule is CC(C)CC(/C=N/O)C(C)(C)C. The van der Waals surface area contributed by atoms with E-state index in [4.69, 9.17) is 5.21 Å². The summed E-state index contributed by atoms with van der Waals surface area (Å²) in [5.74, 6) is 1.01. The fourth-order valence-electron chi connectivity index (χ4n) is 1.23. The minimum absolute atomic E-state index is 0.191. The largest absolute Gasteiger partial charge is 0.411 e. The van der Waals surface area contributed by atoms with Gasteiger partial charge in [0.05, 0.1) is 0 Å². The second-order valence-electron chi connectivity index (χ2n) is 4.87. The molecule has 0 saturated heterocycles. The van der Waals surface area contributed by atoms with Crippen molar-refractivity contribution in [3.63, 3.8) is 0 Å². The zero-order chi connectivity index (χ0) is 9.78. The average Bonchev–Trinajstić information content (AvgIpc) is 1.83. The lowest BCUT2D eigenvalue weighted by atomic mass is 9.77. The van der Waals surface area contributed by atoms with Gasteiger partial charge < -0.3 is 5.21 Å². The molecule has 1 atom stereocenters. The van der Waals surface area contributed by atoms with E-state index >= 15 is 0 Å². The Morgan fingerprint density at radius 2 is 1.83 bits per heavy atom.